The molecule has 1 aromatic rings. The van der Waals surface area contributed by atoms with Gasteiger partial charge >= 0.3 is 0 Å². The van der Waals surface area contributed by atoms with Crippen molar-refractivity contribution in [2.24, 2.45) is 0 Å². The lowest BCUT2D eigenvalue weighted by molar-refractivity contribution is 0.845. The van der Waals surface area contributed by atoms with Gasteiger partial charge in [0.25, 0.3) is 0 Å². The van der Waals surface area contributed by atoms with Crippen LogP contribution < -0.4 is 4.90 Å². The Hall–Kier alpha value is -0.980. The van der Waals surface area contributed by atoms with E-state index in [0.717, 1.165) is 6.54 Å². The number of hydrogen-bond donors (Lipinski definition) is 0. The minimum absolute atomic E-state index is 0.597. The fourth-order valence-electron chi connectivity index (χ4n) is 1.64. The number of benzene rings is 1. The second kappa shape index (κ2) is 4.50. The Morgan fingerprint density at radius 2 is 1.93 bits per heavy atom. The van der Waals surface area contributed by atoms with Gasteiger partial charge in [0.2, 0.25) is 0 Å². The molecule has 0 aliphatic heterocycles. The highest BCUT2D eigenvalue weighted by Crippen LogP contribution is 2.27. The maximum absolute atomic E-state index is 2.31. The summed E-state index contributed by atoms with van der Waals surface area (Å²) in [7, 11) is 2.15. The van der Waals surface area contributed by atoms with E-state index in [-0.39, 0.29) is 0 Å². The first-order valence-corrected chi connectivity index (χ1v) is 5.38. The maximum atomic E-state index is 2.31. The van der Waals surface area contributed by atoms with Crippen molar-refractivity contribution in [1.29, 1.82) is 0 Å². The lowest BCUT2D eigenvalue weighted by atomic mass is 9.99. The van der Waals surface area contributed by atoms with Crippen LogP contribution in [0.25, 0.3) is 0 Å². The van der Waals surface area contributed by atoms with E-state index < -0.39 is 0 Å². The minimum atomic E-state index is 0.597. The average Bonchev–Trinajstić information content (AvgIpc) is 2.16. The lowest BCUT2D eigenvalue weighted by Crippen LogP contribution is -2.18. The smallest absolute Gasteiger partial charge is 0.0401 e. The first kappa shape index (κ1) is 11.1. The van der Waals surface area contributed by atoms with E-state index in [4.69, 9.17) is 0 Å². The van der Waals surface area contributed by atoms with Crippen molar-refractivity contribution >= 4 is 5.69 Å². The van der Waals surface area contributed by atoms with Gasteiger partial charge < -0.3 is 4.90 Å². The molecule has 0 saturated heterocycles. The van der Waals surface area contributed by atoms with E-state index in [1.807, 2.05) is 0 Å². The first-order chi connectivity index (χ1) is 6.56. The van der Waals surface area contributed by atoms with Gasteiger partial charge in [0.15, 0.2) is 0 Å². The molecule has 1 aromatic carbocycles. The monoisotopic (exact) mass is 191 g/mol. The quantitative estimate of drug-likeness (QED) is 0.706. The Balaban J connectivity index is 3.15. The first-order valence-electron chi connectivity index (χ1n) is 5.38. The molecule has 1 nitrogen and oxygen atoms in total. The number of aryl methyl sites for hydroxylation is 1. The van der Waals surface area contributed by atoms with Crippen LogP contribution in [-0.4, -0.2) is 13.6 Å². The van der Waals surface area contributed by atoms with Crippen LogP contribution in [0.3, 0.4) is 0 Å². The molecule has 0 saturated carbocycles. The molecule has 0 N–H and O–H groups in total. The molecule has 0 aliphatic rings. The summed E-state index contributed by atoms with van der Waals surface area (Å²) in [6.07, 6.45) is 0. The number of rotatable bonds is 3. The van der Waals surface area contributed by atoms with Crippen LogP contribution in [0.15, 0.2) is 18.2 Å². The fourth-order valence-corrected chi connectivity index (χ4v) is 1.64. The molecule has 0 unspecified atom stereocenters. The Kier molecular flexibility index (Phi) is 3.56. The molecule has 0 heterocycles. The highest BCUT2D eigenvalue weighted by molar-refractivity contribution is 5.56. The van der Waals surface area contributed by atoms with E-state index in [1.54, 1.807) is 0 Å². The molecule has 0 aliphatic carbocycles. The molecule has 0 amide bonds. The summed E-state index contributed by atoms with van der Waals surface area (Å²) in [5.41, 5.74) is 4.16. The summed E-state index contributed by atoms with van der Waals surface area (Å²) in [5, 5.41) is 0. The normalized spacial score (nSPS) is 10.7. The fraction of sp³-hybridized carbons (Fsp3) is 0.538. The van der Waals surface area contributed by atoms with Crippen LogP contribution in [0, 0.1) is 6.92 Å². The third-order valence-corrected chi connectivity index (χ3v) is 2.69. The molecule has 0 radical (unpaired) electrons. The molecular formula is C13H21N. The van der Waals surface area contributed by atoms with Crippen molar-refractivity contribution < 1.29 is 0 Å². The van der Waals surface area contributed by atoms with Crippen LogP contribution >= 0.6 is 0 Å². The van der Waals surface area contributed by atoms with Crippen molar-refractivity contribution in [2.75, 3.05) is 18.5 Å². The molecule has 0 atom stereocenters. The van der Waals surface area contributed by atoms with Crippen LogP contribution in [0.5, 0.6) is 0 Å². The largest absolute Gasteiger partial charge is 0.375 e. The molecule has 1 heteroatoms. The van der Waals surface area contributed by atoms with E-state index in [0.29, 0.717) is 5.92 Å². The molecule has 0 spiro atoms. The Morgan fingerprint density at radius 1 is 1.29 bits per heavy atom. The molecule has 0 bridgehead atoms. The van der Waals surface area contributed by atoms with Crippen molar-refractivity contribution in [3.63, 3.8) is 0 Å². The topological polar surface area (TPSA) is 3.24 Å². The number of hydrogen-bond acceptors (Lipinski definition) is 1. The molecule has 14 heavy (non-hydrogen) atoms. The average molecular weight is 191 g/mol. The van der Waals surface area contributed by atoms with E-state index >= 15 is 0 Å². The van der Waals surface area contributed by atoms with E-state index in [2.05, 4.69) is 57.8 Å². The van der Waals surface area contributed by atoms with Gasteiger partial charge in [-0.15, -0.1) is 0 Å². The summed E-state index contributed by atoms with van der Waals surface area (Å²) >= 11 is 0. The predicted molar refractivity (Wildman–Crippen MR) is 64.2 cm³/mol. The van der Waals surface area contributed by atoms with Gasteiger partial charge in [0.1, 0.15) is 0 Å². The van der Waals surface area contributed by atoms with Crippen LogP contribution in [0.1, 0.15) is 37.8 Å². The zero-order valence-electron chi connectivity index (χ0n) is 9.96. The standard InChI is InChI=1S/C13H21N/c1-6-14(5)13-9-11(4)7-8-12(13)10(2)3/h7-10H,6H2,1-5H3. The van der Waals surface area contributed by atoms with Crippen molar-refractivity contribution in [3.05, 3.63) is 29.3 Å². The highest BCUT2D eigenvalue weighted by atomic mass is 15.1. The van der Waals surface area contributed by atoms with Gasteiger partial charge in [-0.25, -0.2) is 0 Å². The third-order valence-electron chi connectivity index (χ3n) is 2.69. The highest BCUT2D eigenvalue weighted by Gasteiger charge is 2.09. The number of nitrogens with zero attached hydrogens (tertiary/aromatic N) is 1. The van der Waals surface area contributed by atoms with Crippen LogP contribution in [-0.2, 0) is 0 Å². The maximum Gasteiger partial charge on any atom is 0.0401 e. The molecule has 0 fully saturated rings. The summed E-state index contributed by atoms with van der Waals surface area (Å²) in [6, 6.07) is 6.72. The molecule has 1 rings (SSSR count). The Labute approximate surface area is 87.7 Å². The van der Waals surface area contributed by atoms with E-state index in [9.17, 15) is 0 Å². The Morgan fingerprint density at radius 3 is 2.43 bits per heavy atom. The Bertz CT molecular complexity index is 302. The minimum Gasteiger partial charge on any atom is -0.375 e. The lowest BCUT2D eigenvalue weighted by Gasteiger charge is -2.23. The van der Waals surface area contributed by atoms with Crippen molar-refractivity contribution in [2.45, 2.75) is 33.6 Å². The van der Waals surface area contributed by atoms with Gasteiger partial charge in [-0.05, 0) is 37.0 Å². The summed E-state index contributed by atoms with van der Waals surface area (Å²) in [4.78, 5) is 2.31. The SMILES string of the molecule is CCN(C)c1cc(C)ccc1C(C)C. The van der Waals surface area contributed by atoms with Gasteiger partial charge in [-0.1, -0.05) is 26.0 Å². The second-order valence-electron chi connectivity index (χ2n) is 4.23. The van der Waals surface area contributed by atoms with Crippen LogP contribution in [0.4, 0.5) is 5.69 Å². The summed E-state index contributed by atoms with van der Waals surface area (Å²) in [5.74, 6) is 0.597. The van der Waals surface area contributed by atoms with Gasteiger partial charge in [-0.3, -0.25) is 0 Å². The van der Waals surface area contributed by atoms with Crippen molar-refractivity contribution in [3.8, 4) is 0 Å². The van der Waals surface area contributed by atoms with Crippen molar-refractivity contribution in [1.82, 2.24) is 0 Å². The van der Waals surface area contributed by atoms with Crippen LogP contribution in [0.2, 0.25) is 0 Å². The van der Waals surface area contributed by atoms with Gasteiger partial charge in [0, 0.05) is 19.3 Å². The molecular weight excluding hydrogens is 170 g/mol. The molecule has 78 valence electrons. The third kappa shape index (κ3) is 2.28. The van der Waals surface area contributed by atoms with E-state index in [1.165, 1.54) is 16.8 Å². The van der Waals surface area contributed by atoms with Gasteiger partial charge in [0.05, 0.1) is 0 Å². The van der Waals surface area contributed by atoms with Gasteiger partial charge in [-0.2, -0.15) is 0 Å². The second-order valence-corrected chi connectivity index (χ2v) is 4.23. The summed E-state index contributed by atoms with van der Waals surface area (Å²) in [6.45, 7) is 9.89. The molecule has 0 aromatic heterocycles. The zero-order chi connectivity index (χ0) is 10.7. The summed E-state index contributed by atoms with van der Waals surface area (Å²) < 4.78 is 0. The zero-order valence-corrected chi connectivity index (χ0v) is 9.96. The number of anilines is 1. The predicted octanol–water partition coefficient (Wildman–Crippen LogP) is 3.57.